The Labute approximate surface area is 187 Å². The Kier molecular flexibility index (Phi) is 5.60. The molecule has 2 amide bonds. The van der Waals surface area contributed by atoms with Crippen LogP contribution in [0.1, 0.15) is 48.9 Å². The van der Waals surface area contributed by atoms with Crippen LogP contribution in [0.15, 0.2) is 18.2 Å². The molecular formula is C21H29N5O5S. The van der Waals surface area contributed by atoms with Crippen molar-refractivity contribution in [2.24, 2.45) is 5.73 Å². The van der Waals surface area contributed by atoms with Crippen molar-refractivity contribution in [3.63, 3.8) is 0 Å². The topological polar surface area (TPSA) is 134 Å². The summed E-state index contributed by atoms with van der Waals surface area (Å²) < 4.78 is 35.2. The van der Waals surface area contributed by atoms with Gasteiger partial charge in [0.2, 0.25) is 0 Å². The van der Waals surface area contributed by atoms with Crippen molar-refractivity contribution in [1.29, 1.82) is 0 Å². The maximum Gasteiger partial charge on any atom is 0.282 e. The molecule has 3 saturated heterocycles. The minimum atomic E-state index is -3.52. The highest BCUT2D eigenvalue weighted by atomic mass is 32.2. The van der Waals surface area contributed by atoms with Crippen LogP contribution in [0.4, 0.5) is 5.69 Å². The molecule has 0 aromatic heterocycles. The Bertz CT molecular complexity index is 1010. The van der Waals surface area contributed by atoms with E-state index in [9.17, 15) is 18.0 Å². The van der Waals surface area contributed by atoms with E-state index in [-0.39, 0.29) is 42.6 Å². The van der Waals surface area contributed by atoms with Crippen molar-refractivity contribution in [2.75, 3.05) is 25.0 Å². The molecule has 10 nitrogen and oxygen atoms in total. The predicted octanol–water partition coefficient (Wildman–Crippen LogP) is 0.411. The summed E-state index contributed by atoms with van der Waals surface area (Å²) in [6.07, 6.45) is 4.19. The molecule has 0 spiro atoms. The number of hydrogen-bond acceptors (Lipinski definition) is 6. The van der Waals surface area contributed by atoms with E-state index in [1.54, 1.807) is 26.8 Å². The van der Waals surface area contributed by atoms with Crippen LogP contribution >= 0.6 is 0 Å². The maximum absolute atomic E-state index is 13.3. The van der Waals surface area contributed by atoms with Gasteiger partial charge >= 0.3 is 0 Å². The number of carbonyl (C=O) groups excluding carboxylic acids is 2. The number of fused-ring (bicyclic) bond motifs is 3. The highest BCUT2D eigenvalue weighted by molar-refractivity contribution is 7.86. The molecule has 1 aromatic rings. The smallest absolute Gasteiger partial charge is 0.282 e. The number of hydrogen-bond donors (Lipinski definition) is 3. The van der Waals surface area contributed by atoms with E-state index in [4.69, 9.17) is 10.5 Å². The van der Waals surface area contributed by atoms with E-state index in [0.717, 1.165) is 12.8 Å². The predicted molar refractivity (Wildman–Crippen MR) is 117 cm³/mol. The van der Waals surface area contributed by atoms with Crippen molar-refractivity contribution >= 4 is 27.7 Å². The average molecular weight is 464 g/mol. The molecule has 4 aliphatic heterocycles. The van der Waals surface area contributed by atoms with E-state index in [0.29, 0.717) is 55.8 Å². The van der Waals surface area contributed by atoms with Crippen LogP contribution in [0.2, 0.25) is 0 Å². The number of ether oxygens (including phenoxy) is 1. The summed E-state index contributed by atoms with van der Waals surface area (Å²) in [7, 11) is -3.52. The molecule has 0 aliphatic carbocycles. The molecule has 0 radical (unpaired) electrons. The fourth-order valence-corrected chi connectivity index (χ4v) is 7.44. The highest BCUT2D eigenvalue weighted by Gasteiger charge is 2.49. The molecule has 0 saturated carbocycles. The van der Waals surface area contributed by atoms with Gasteiger partial charge in [-0.2, -0.15) is 17.0 Å². The zero-order chi connectivity index (χ0) is 22.5. The quantitative estimate of drug-likeness (QED) is 0.592. The SMILES string of the molecule is NC1CCN(S(=O)(=O)N2[C@@H]3CC[C@H]2CC(NC(=O)c2ccc4c(c2)NC(=O)CO4)C3)CC1. The summed E-state index contributed by atoms with van der Waals surface area (Å²) in [4.78, 5) is 24.4. The van der Waals surface area contributed by atoms with Crippen molar-refractivity contribution in [3.8, 4) is 5.75 Å². The molecule has 1 aromatic carbocycles. The fourth-order valence-electron chi connectivity index (χ4n) is 5.36. The lowest BCUT2D eigenvalue weighted by molar-refractivity contribution is -0.118. The Morgan fingerprint density at radius 2 is 1.81 bits per heavy atom. The molecule has 4 aliphatic rings. The number of rotatable bonds is 4. The Hall–Kier alpha value is -2.21. The van der Waals surface area contributed by atoms with Gasteiger partial charge < -0.3 is 21.1 Å². The van der Waals surface area contributed by atoms with Crippen molar-refractivity contribution in [1.82, 2.24) is 13.9 Å². The lowest BCUT2D eigenvalue weighted by Crippen LogP contribution is -2.57. The monoisotopic (exact) mass is 463 g/mol. The van der Waals surface area contributed by atoms with Crippen molar-refractivity contribution in [2.45, 2.75) is 62.7 Å². The Morgan fingerprint density at radius 3 is 2.50 bits per heavy atom. The largest absolute Gasteiger partial charge is 0.482 e. The van der Waals surface area contributed by atoms with Gasteiger partial charge in [-0.15, -0.1) is 0 Å². The number of anilines is 1. The van der Waals surface area contributed by atoms with E-state index in [1.807, 2.05) is 0 Å². The standard InChI is InChI=1S/C21H29N5O5S/c22-14-5-7-25(8-6-14)32(29,30)26-16-2-3-17(26)11-15(10-16)23-21(28)13-1-4-19-18(9-13)24-20(27)12-31-19/h1,4,9,14-17H,2-3,5-8,10-12,22H2,(H,23,28)(H,24,27)/t15?,16-,17+. The maximum atomic E-state index is 13.3. The van der Waals surface area contributed by atoms with Gasteiger partial charge in [-0.3, -0.25) is 9.59 Å². The summed E-state index contributed by atoms with van der Waals surface area (Å²) in [6.45, 7) is 0.906. The van der Waals surface area contributed by atoms with Gasteiger partial charge in [-0.25, -0.2) is 0 Å². The lowest BCUT2D eigenvalue weighted by Gasteiger charge is -2.41. The number of amides is 2. The van der Waals surface area contributed by atoms with Gasteiger partial charge in [0.05, 0.1) is 5.69 Å². The molecule has 11 heteroatoms. The van der Waals surface area contributed by atoms with E-state index >= 15 is 0 Å². The van der Waals surface area contributed by atoms with Gasteiger partial charge in [0.25, 0.3) is 22.0 Å². The molecule has 3 fully saturated rings. The second-order valence-corrected chi connectivity index (χ2v) is 11.0. The summed E-state index contributed by atoms with van der Waals surface area (Å²) in [5.41, 5.74) is 6.85. The molecule has 174 valence electrons. The van der Waals surface area contributed by atoms with E-state index < -0.39 is 10.2 Å². The van der Waals surface area contributed by atoms with E-state index in [2.05, 4.69) is 10.6 Å². The second kappa shape index (κ2) is 8.29. The molecule has 1 unspecified atom stereocenters. The Balaban J connectivity index is 1.24. The van der Waals surface area contributed by atoms with Crippen LogP contribution in [0.3, 0.4) is 0 Å². The zero-order valence-electron chi connectivity index (χ0n) is 17.8. The van der Waals surface area contributed by atoms with Gasteiger partial charge in [-0.05, 0) is 56.7 Å². The first-order chi connectivity index (χ1) is 15.3. The number of nitrogens with two attached hydrogens (primary N) is 1. The van der Waals surface area contributed by atoms with E-state index in [1.165, 1.54) is 0 Å². The van der Waals surface area contributed by atoms with Crippen LogP contribution < -0.4 is 21.1 Å². The van der Waals surface area contributed by atoms with Crippen molar-refractivity contribution in [3.05, 3.63) is 23.8 Å². The fraction of sp³-hybridized carbons (Fsp3) is 0.619. The van der Waals surface area contributed by atoms with Crippen molar-refractivity contribution < 1.29 is 22.7 Å². The Morgan fingerprint density at radius 1 is 1.12 bits per heavy atom. The summed E-state index contributed by atoms with van der Waals surface area (Å²) in [6, 6.07) is 4.72. The van der Waals surface area contributed by atoms with Crippen LogP contribution in [0.5, 0.6) is 5.75 Å². The first-order valence-corrected chi connectivity index (χ1v) is 12.6. The third kappa shape index (κ3) is 3.98. The number of carbonyl (C=O) groups is 2. The zero-order valence-corrected chi connectivity index (χ0v) is 18.6. The summed E-state index contributed by atoms with van der Waals surface area (Å²) in [5, 5.41) is 5.78. The second-order valence-electron chi connectivity index (χ2n) is 9.15. The lowest BCUT2D eigenvalue weighted by atomic mass is 9.99. The summed E-state index contributed by atoms with van der Waals surface area (Å²) in [5.74, 6) is 0.0469. The van der Waals surface area contributed by atoms with Gasteiger partial charge in [-0.1, -0.05) is 0 Å². The number of nitrogens with zero attached hydrogens (tertiary/aromatic N) is 2. The molecule has 5 rings (SSSR count). The highest BCUT2D eigenvalue weighted by Crippen LogP contribution is 2.39. The third-order valence-corrected chi connectivity index (χ3v) is 9.11. The molecule has 4 heterocycles. The minimum absolute atomic E-state index is 0.0347. The number of nitrogens with one attached hydrogen (secondary N) is 2. The van der Waals surface area contributed by atoms with Gasteiger partial charge in [0.1, 0.15) is 5.75 Å². The van der Waals surface area contributed by atoms with Crippen LogP contribution in [-0.4, -0.2) is 72.7 Å². The third-order valence-electron chi connectivity index (χ3n) is 6.97. The van der Waals surface area contributed by atoms with Gasteiger partial charge in [0, 0.05) is 42.8 Å². The van der Waals surface area contributed by atoms with Gasteiger partial charge in [0.15, 0.2) is 6.61 Å². The van der Waals surface area contributed by atoms with Crippen LogP contribution in [0, 0.1) is 0 Å². The molecule has 32 heavy (non-hydrogen) atoms. The van der Waals surface area contributed by atoms with Crippen LogP contribution in [-0.2, 0) is 15.0 Å². The molecule has 3 atom stereocenters. The molecular weight excluding hydrogens is 434 g/mol. The number of benzene rings is 1. The average Bonchev–Trinajstić information content (AvgIpc) is 3.05. The first-order valence-electron chi connectivity index (χ1n) is 11.2. The van der Waals surface area contributed by atoms with Crippen LogP contribution in [0.25, 0.3) is 0 Å². The first kappa shape index (κ1) is 21.6. The number of piperidine rings is 2. The molecule has 2 bridgehead atoms. The normalized spacial score (nSPS) is 29.2. The summed E-state index contributed by atoms with van der Waals surface area (Å²) >= 11 is 0. The molecule has 4 N–H and O–H groups in total. The minimum Gasteiger partial charge on any atom is -0.482 e.